The monoisotopic (exact) mass is 200 g/mol. The van der Waals surface area contributed by atoms with Gasteiger partial charge in [0, 0.05) is 5.56 Å². The summed E-state index contributed by atoms with van der Waals surface area (Å²) in [5, 5.41) is 0. The van der Waals surface area contributed by atoms with E-state index in [1.54, 1.807) is 0 Å². The summed E-state index contributed by atoms with van der Waals surface area (Å²) in [5.74, 6) is 0.230. The van der Waals surface area contributed by atoms with Crippen LogP contribution in [0, 0.1) is 13.8 Å². The Morgan fingerprint density at radius 1 is 1.27 bits per heavy atom. The second-order valence-electron chi connectivity index (χ2n) is 4.27. The molecule has 0 radical (unpaired) electrons. The molecule has 0 saturated carbocycles. The van der Waals surface area contributed by atoms with Gasteiger partial charge in [0.1, 0.15) is 0 Å². The third kappa shape index (κ3) is 2.01. The Morgan fingerprint density at radius 2 is 2.07 bits per heavy atom. The minimum atomic E-state index is 0.230. The minimum Gasteiger partial charge on any atom is -0.289 e. The summed E-state index contributed by atoms with van der Waals surface area (Å²) in [7, 11) is 0. The maximum Gasteiger partial charge on any atom is 0.188 e. The second-order valence-corrected chi connectivity index (χ2v) is 4.27. The maximum absolute atomic E-state index is 12.2. The van der Waals surface area contributed by atoms with Crippen LogP contribution in [0.2, 0.25) is 0 Å². The van der Waals surface area contributed by atoms with Gasteiger partial charge in [-0.25, -0.2) is 0 Å². The van der Waals surface area contributed by atoms with Gasteiger partial charge in [0.05, 0.1) is 0 Å². The molecule has 1 nitrogen and oxygen atoms in total. The highest BCUT2D eigenvalue weighted by atomic mass is 16.1. The average Bonchev–Trinajstić information content (AvgIpc) is 2.74. The summed E-state index contributed by atoms with van der Waals surface area (Å²) in [6.45, 7) is 4.03. The molecule has 1 aromatic carbocycles. The molecule has 0 heterocycles. The Hall–Kier alpha value is -1.37. The summed E-state index contributed by atoms with van der Waals surface area (Å²) in [6, 6.07) is 6.07. The molecule has 0 saturated heterocycles. The lowest BCUT2D eigenvalue weighted by Gasteiger charge is -2.06. The second kappa shape index (κ2) is 4.01. The zero-order chi connectivity index (χ0) is 10.8. The number of carbonyl (C=O) groups excluding carboxylic acids is 1. The highest BCUT2D eigenvalue weighted by Gasteiger charge is 2.16. The van der Waals surface area contributed by atoms with E-state index < -0.39 is 0 Å². The lowest BCUT2D eigenvalue weighted by molar-refractivity contribution is 0.103. The Bertz CT molecular complexity index is 427. The van der Waals surface area contributed by atoms with Gasteiger partial charge in [-0.3, -0.25) is 4.79 Å². The third-order valence-electron chi connectivity index (χ3n) is 2.97. The van der Waals surface area contributed by atoms with Crippen LogP contribution in [0.3, 0.4) is 0 Å². The molecule has 0 aliphatic heterocycles. The zero-order valence-corrected chi connectivity index (χ0v) is 9.34. The van der Waals surface area contributed by atoms with Gasteiger partial charge in [0.2, 0.25) is 0 Å². The fraction of sp³-hybridized carbons (Fsp3) is 0.357. The van der Waals surface area contributed by atoms with E-state index in [0.717, 1.165) is 41.5 Å². The van der Waals surface area contributed by atoms with Gasteiger partial charge in [-0.15, -0.1) is 0 Å². The standard InChI is InChI=1S/C14H16O/c1-10-7-8-11(2)13(9-10)14(15)12-5-3-4-6-12/h5,7-9H,3-4,6H2,1-2H3. The van der Waals surface area contributed by atoms with E-state index in [-0.39, 0.29) is 5.78 Å². The molecular weight excluding hydrogens is 184 g/mol. The maximum atomic E-state index is 12.2. The van der Waals surface area contributed by atoms with E-state index in [4.69, 9.17) is 0 Å². The molecule has 1 heteroatoms. The van der Waals surface area contributed by atoms with E-state index in [1.165, 1.54) is 0 Å². The first-order valence-corrected chi connectivity index (χ1v) is 5.49. The van der Waals surface area contributed by atoms with Crippen LogP contribution >= 0.6 is 0 Å². The molecule has 0 fully saturated rings. The minimum absolute atomic E-state index is 0.230. The van der Waals surface area contributed by atoms with Crippen molar-refractivity contribution in [2.24, 2.45) is 0 Å². The van der Waals surface area contributed by atoms with Gasteiger partial charge in [0.15, 0.2) is 5.78 Å². The molecule has 2 rings (SSSR count). The molecule has 0 N–H and O–H groups in total. The largest absolute Gasteiger partial charge is 0.289 e. The van der Waals surface area contributed by atoms with E-state index in [0.29, 0.717) is 0 Å². The van der Waals surface area contributed by atoms with Crippen LogP contribution in [-0.4, -0.2) is 5.78 Å². The lowest BCUT2D eigenvalue weighted by Crippen LogP contribution is -2.04. The van der Waals surface area contributed by atoms with Crippen molar-refractivity contribution in [1.82, 2.24) is 0 Å². The topological polar surface area (TPSA) is 17.1 Å². The molecule has 0 atom stereocenters. The normalized spacial score (nSPS) is 15.2. The average molecular weight is 200 g/mol. The molecule has 1 aliphatic carbocycles. The van der Waals surface area contributed by atoms with E-state index in [1.807, 2.05) is 26.0 Å². The van der Waals surface area contributed by atoms with Crippen LogP contribution < -0.4 is 0 Å². The SMILES string of the molecule is Cc1ccc(C)c(C(=O)C2=CCCC2)c1. The first kappa shape index (κ1) is 10.2. The van der Waals surface area contributed by atoms with Crippen molar-refractivity contribution in [2.45, 2.75) is 33.1 Å². The van der Waals surface area contributed by atoms with Gasteiger partial charge in [-0.05, 0) is 50.3 Å². The third-order valence-corrected chi connectivity index (χ3v) is 2.97. The number of aryl methyl sites for hydroxylation is 2. The number of hydrogen-bond acceptors (Lipinski definition) is 1. The van der Waals surface area contributed by atoms with Gasteiger partial charge in [-0.2, -0.15) is 0 Å². The van der Waals surface area contributed by atoms with Crippen LogP contribution in [0.5, 0.6) is 0 Å². The molecule has 1 aromatic rings. The molecule has 0 spiro atoms. The van der Waals surface area contributed by atoms with Gasteiger partial charge in [-0.1, -0.05) is 23.8 Å². The molecule has 0 bridgehead atoms. The Labute approximate surface area is 90.8 Å². The van der Waals surface area contributed by atoms with Crippen molar-refractivity contribution in [3.63, 3.8) is 0 Å². The van der Waals surface area contributed by atoms with E-state index in [9.17, 15) is 4.79 Å². The van der Waals surface area contributed by atoms with E-state index in [2.05, 4.69) is 12.1 Å². The first-order chi connectivity index (χ1) is 7.18. The van der Waals surface area contributed by atoms with Crippen LogP contribution in [0.4, 0.5) is 0 Å². The first-order valence-electron chi connectivity index (χ1n) is 5.49. The number of carbonyl (C=O) groups is 1. The predicted octanol–water partition coefficient (Wildman–Crippen LogP) is 3.60. The lowest BCUT2D eigenvalue weighted by atomic mass is 9.97. The Kier molecular flexibility index (Phi) is 2.72. The highest BCUT2D eigenvalue weighted by Crippen LogP contribution is 2.23. The molecule has 15 heavy (non-hydrogen) atoms. The number of allylic oxidation sites excluding steroid dienone is 2. The fourth-order valence-corrected chi connectivity index (χ4v) is 2.03. The smallest absolute Gasteiger partial charge is 0.188 e. The van der Waals surface area contributed by atoms with Gasteiger partial charge < -0.3 is 0 Å². The summed E-state index contributed by atoms with van der Waals surface area (Å²) < 4.78 is 0. The van der Waals surface area contributed by atoms with Crippen LogP contribution in [0.15, 0.2) is 29.8 Å². The van der Waals surface area contributed by atoms with Gasteiger partial charge >= 0.3 is 0 Å². The Balaban J connectivity index is 2.36. The van der Waals surface area contributed by atoms with Crippen LogP contribution in [0.25, 0.3) is 0 Å². The van der Waals surface area contributed by atoms with Crippen molar-refractivity contribution < 1.29 is 4.79 Å². The van der Waals surface area contributed by atoms with Crippen molar-refractivity contribution in [1.29, 1.82) is 0 Å². The zero-order valence-electron chi connectivity index (χ0n) is 9.34. The van der Waals surface area contributed by atoms with Crippen molar-refractivity contribution in [3.05, 3.63) is 46.5 Å². The van der Waals surface area contributed by atoms with Crippen molar-refractivity contribution in [2.75, 3.05) is 0 Å². The summed E-state index contributed by atoms with van der Waals surface area (Å²) in [6.07, 6.45) is 5.23. The van der Waals surface area contributed by atoms with Crippen molar-refractivity contribution >= 4 is 5.78 Å². The highest BCUT2D eigenvalue weighted by molar-refractivity contribution is 6.09. The predicted molar refractivity (Wildman–Crippen MR) is 62.2 cm³/mol. The quantitative estimate of drug-likeness (QED) is 0.667. The number of rotatable bonds is 2. The molecular formula is C14H16O. The number of hydrogen-bond donors (Lipinski definition) is 0. The molecule has 1 aliphatic rings. The molecule has 0 aromatic heterocycles. The number of benzene rings is 1. The van der Waals surface area contributed by atoms with Gasteiger partial charge in [0.25, 0.3) is 0 Å². The number of ketones is 1. The van der Waals surface area contributed by atoms with Crippen LogP contribution in [0.1, 0.15) is 40.7 Å². The summed E-state index contributed by atoms with van der Waals surface area (Å²) >= 11 is 0. The van der Waals surface area contributed by atoms with Crippen molar-refractivity contribution in [3.8, 4) is 0 Å². The molecule has 0 amide bonds. The van der Waals surface area contributed by atoms with E-state index >= 15 is 0 Å². The molecule has 0 unspecified atom stereocenters. The fourth-order valence-electron chi connectivity index (χ4n) is 2.03. The molecule has 78 valence electrons. The Morgan fingerprint density at radius 3 is 2.73 bits per heavy atom. The number of Topliss-reactive ketones (excluding diaryl/α,β-unsaturated/α-hetero) is 1. The summed E-state index contributed by atoms with van der Waals surface area (Å²) in [4.78, 5) is 12.2. The van der Waals surface area contributed by atoms with Crippen LogP contribution in [-0.2, 0) is 0 Å². The summed E-state index contributed by atoms with van der Waals surface area (Å²) in [5.41, 5.74) is 4.12.